The molecule has 0 bridgehead atoms. The Morgan fingerprint density at radius 1 is 0.962 bits per heavy atom. The zero-order chi connectivity index (χ0) is 18.1. The van der Waals surface area contributed by atoms with E-state index in [1.165, 1.54) is 33.6 Å². The molecule has 0 saturated heterocycles. The predicted octanol–water partition coefficient (Wildman–Crippen LogP) is 6.20. The second-order valence-corrected chi connectivity index (χ2v) is 7.38. The number of rotatable bonds is 3. The molecule has 126 valence electrons. The van der Waals surface area contributed by atoms with E-state index in [2.05, 4.69) is 66.6 Å². The van der Waals surface area contributed by atoms with Gasteiger partial charge in [-0.1, -0.05) is 30.3 Å². The van der Waals surface area contributed by atoms with E-state index in [1.54, 1.807) is 0 Å². The normalized spacial score (nSPS) is 10.7. The number of pyridine rings is 1. The highest BCUT2D eigenvalue weighted by molar-refractivity contribution is 7.19. The van der Waals surface area contributed by atoms with Crippen molar-refractivity contribution in [2.24, 2.45) is 0 Å². The summed E-state index contributed by atoms with van der Waals surface area (Å²) in [4.78, 5) is 5.02. The van der Waals surface area contributed by atoms with Crippen LogP contribution < -0.4 is 5.32 Å². The maximum atomic E-state index is 9.17. The second-order valence-electron chi connectivity index (χ2n) is 6.30. The minimum atomic E-state index is 0.698. The molecule has 0 amide bonds. The maximum Gasteiger partial charge on any atom is 0.110 e. The summed E-state index contributed by atoms with van der Waals surface area (Å²) in [7, 11) is 0. The van der Waals surface area contributed by atoms with Crippen LogP contribution in [0.25, 0.3) is 21.2 Å². The number of nitriles is 1. The lowest BCUT2D eigenvalue weighted by Crippen LogP contribution is -1.98. The smallest absolute Gasteiger partial charge is 0.110 e. The lowest BCUT2D eigenvalue weighted by Gasteiger charge is -2.15. The average molecular weight is 355 g/mol. The predicted molar refractivity (Wildman–Crippen MR) is 109 cm³/mol. The molecule has 0 atom stereocenters. The first-order chi connectivity index (χ1) is 12.7. The van der Waals surface area contributed by atoms with Gasteiger partial charge in [-0.25, -0.2) is 0 Å². The van der Waals surface area contributed by atoms with Crippen molar-refractivity contribution in [3.63, 3.8) is 0 Å². The second kappa shape index (κ2) is 6.62. The lowest BCUT2D eigenvalue weighted by atomic mass is 9.98. The third-order valence-corrected chi connectivity index (χ3v) is 5.43. The fourth-order valence-corrected chi connectivity index (χ4v) is 4.06. The molecule has 4 rings (SSSR count). The van der Waals surface area contributed by atoms with Gasteiger partial charge < -0.3 is 5.32 Å². The van der Waals surface area contributed by atoms with Gasteiger partial charge in [-0.05, 0) is 54.3 Å². The Balaban J connectivity index is 1.76. The molecule has 0 saturated carbocycles. The summed E-state index contributed by atoms with van der Waals surface area (Å²) in [6, 6.07) is 18.9. The highest BCUT2D eigenvalue weighted by Crippen LogP contribution is 2.35. The van der Waals surface area contributed by atoms with Crippen LogP contribution in [-0.2, 0) is 0 Å². The Kier molecular flexibility index (Phi) is 4.16. The molecule has 3 nitrogen and oxygen atoms in total. The number of aromatic nitrogens is 1. The van der Waals surface area contributed by atoms with Crippen LogP contribution in [0.3, 0.4) is 0 Å². The first-order valence-corrected chi connectivity index (χ1v) is 9.18. The highest BCUT2D eigenvalue weighted by atomic mass is 32.1. The van der Waals surface area contributed by atoms with Gasteiger partial charge in [0, 0.05) is 17.3 Å². The summed E-state index contributed by atoms with van der Waals surface area (Å²) in [5.74, 6) is 0. The number of hydrogen-bond acceptors (Lipinski definition) is 4. The third kappa shape index (κ3) is 2.94. The van der Waals surface area contributed by atoms with Crippen molar-refractivity contribution in [2.75, 3.05) is 5.32 Å². The van der Waals surface area contributed by atoms with Crippen molar-refractivity contribution in [2.45, 2.75) is 13.8 Å². The summed E-state index contributed by atoms with van der Waals surface area (Å²) in [5.41, 5.74) is 6.80. The monoisotopic (exact) mass is 355 g/mol. The zero-order valence-electron chi connectivity index (χ0n) is 14.6. The molecule has 4 aromatic rings. The Morgan fingerprint density at radius 2 is 1.69 bits per heavy atom. The largest absolute Gasteiger partial charge is 0.353 e. The standard InChI is InChI=1S/C22H17N3S/c1-14-8-17(16-6-4-3-5-7-16)9-15(2)22(14)25-20-12-24-13-21-19(20)10-18(11-23)26-21/h3-10,12-13,25H,1-2H3. The summed E-state index contributed by atoms with van der Waals surface area (Å²) in [6.45, 7) is 4.23. The number of fused-ring (bicyclic) bond motifs is 1. The van der Waals surface area contributed by atoms with Gasteiger partial charge in [0.2, 0.25) is 0 Å². The van der Waals surface area contributed by atoms with Crippen LogP contribution >= 0.6 is 11.3 Å². The summed E-state index contributed by atoms with van der Waals surface area (Å²) in [5, 5.41) is 13.7. The van der Waals surface area contributed by atoms with Crippen molar-refractivity contribution < 1.29 is 0 Å². The molecule has 2 heterocycles. The third-order valence-electron chi connectivity index (χ3n) is 4.46. The minimum Gasteiger partial charge on any atom is -0.353 e. The van der Waals surface area contributed by atoms with Gasteiger partial charge in [0.25, 0.3) is 0 Å². The van der Waals surface area contributed by atoms with Gasteiger partial charge in [0.15, 0.2) is 0 Å². The van der Waals surface area contributed by atoms with Crippen molar-refractivity contribution >= 4 is 32.8 Å². The minimum absolute atomic E-state index is 0.698. The first kappa shape index (κ1) is 16.3. The molecule has 0 aliphatic heterocycles. The van der Waals surface area contributed by atoms with E-state index in [0.717, 1.165) is 21.5 Å². The molecule has 0 radical (unpaired) electrons. The Labute approximate surface area is 156 Å². The van der Waals surface area contributed by atoms with Gasteiger partial charge in [-0.3, -0.25) is 4.98 Å². The lowest BCUT2D eigenvalue weighted by molar-refractivity contribution is 1.33. The number of hydrogen-bond donors (Lipinski definition) is 1. The average Bonchev–Trinajstić information content (AvgIpc) is 3.09. The van der Waals surface area contributed by atoms with Crippen molar-refractivity contribution in [1.29, 1.82) is 5.26 Å². The Morgan fingerprint density at radius 3 is 2.38 bits per heavy atom. The SMILES string of the molecule is Cc1cc(-c2ccccc2)cc(C)c1Nc1cncc2sc(C#N)cc12. The summed E-state index contributed by atoms with van der Waals surface area (Å²) in [6.07, 6.45) is 3.63. The molecule has 1 N–H and O–H groups in total. The Bertz CT molecular complexity index is 1110. The van der Waals surface area contributed by atoms with Gasteiger partial charge in [-0.2, -0.15) is 5.26 Å². The van der Waals surface area contributed by atoms with E-state index < -0.39 is 0 Å². The van der Waals surface area contributed by atoms with E-state index in [1.807, 2.05) is 24.5 Å². The number of benzene rings is 2. The van der Waals surface area contributed by atoms with E-state index in [0.29, 0.717) is 4.88 Å². The van der Waals surface area contributed by atoms with Gasteiger partial charge in [-0.15, -0.1) is 11.3 Å². The zero-order valence-corrected chi connectivity index (χ0v) is 15.4. The molecule has 2 aromatic carbocycles. The van der Waals surface area contributed by atoms with Crippen LogP contribution in [0.4, 0.5) is 11.4 Å². The van der Waals surface area contributed by atoms with E-state index in [9.17, 15) is 0 Å². The molecule has 0 spiro atoms. The molecule has 0 aliphatic rings. The van der Waals surface area contributed by atoms with Gasteiger partial charge in [0.05, 0.1) is 16.6 Å². The molecule has 0 aliphatic carbocycles. The molecule has 0 fully saturated rings. The number of thiophene rings is 1. The van der Waals surface area contributed by atoms with E-state index in [4.69, 9.17) is 5.26 Å². The van der Waals surface area contributed by atoms with Crippen molar-refractivity contribution in [3.8, 4) is 17.2 Å². The maximum absolute atomic E-state index is 9.17. The fourth-order valence-electron chi connectivity index (χ4n) is 3.21. The van der Waals surface area contributed by atoms with Crippen molar-refractivity contribution in [1.82, 2.24) is 4.98 Å². The Hall–Kier alpha value is -3.16. The quantitative estimate of drug-likeness (QED) is 0.476. The highest BCUT2D eigenvalue weighted by Gasteiger charge is 2.11. The topological polar surface area (TPSA) is 48.7 Å². The molecular formula is C22H17N3S. The molecule has 2 aromatic heterocycles. The number of aryl methyl sites for hydroxylation is 2. The number of anilines is 2. The molecule has 4 heteroatoms. The fraction of sp³-hybridized carbons (Fsp3) is 0.0909. The molecular weight excluding hydrogens is 338 g/mol. The summed E-state index contributed by atoms with van der Waals surface area (Å²) < 4.78 is 1.02. The van der Waals surface area contributed by atoms with Crippen LogP contribution in [-0.4, -0.2) is 4.98 Å². The van der Waals surface area contributed by atoms with Crippen molar-refractivity contribution in [3.05, 3.63) is 76.9 Å². The van der Waals surface area contributed by atoms with Crippen LogP contribution in [0.2, 0.25) is 0 Å². The van der Waals surface area contributed by atoms with Gasteiger partial charge >= 0.3 is 0 Å². The first-order valence-electron chi connectivity index (χ1n) is 8.37. The van der Waals surface area contributed by atoms with Crippen LogP contribution in [0.5, 0.6) is 0 Å². The van der Waals surface area contributed by atoms with Crippen LogP contribution in [0.15, 0.2) is 60.9 Å². The number of nitrogens with one attached hydrogen (secondary N) is 1. The van der Waals surface area contributed by atoms with Gasteiger partial charge in [0.1, 0.15) is 10.9 Å². The van der Waals surface area contributed by atoms with E-state index >= 15 is 0 Å². The van der Waals surface area contributed by atoms with Crippen LogP contribution in [0.1, 0.15) is 16.0 Å². The van der Waals surface area contributed by atoms with Crippen LogP contribution in [0, 0.1) is 25.2 Å². The number of nitrogens with zero attached hydrogens (tertiary/aromatic N) is 2. The molecule has 26 heavy (non-hydrogen) atoms. The molecule has 0 unspecified atom stereocenters. The summed E-state index contributed by atoms with van der Waals surface area (Å²) >= 11 is 1.47. The van der Waals surface area contributed by atoms with E-state index in [-0.39, 0.29) is 0 Å².